The molecule has 0 heterocycles. The number of hydrogen-bond acceptors (Lipinski definition) is 0. The van der Waals surface area contributed by atoms with Gasteiger partial charge < -0.3 is 0 Å². The molecule has 0 nitrogen and oxygen atoms in total. The molecule has 0 radical (unpaired) electrons. The lowest BCUT2D eigenvalue weighted by molar-refractivity contribution is 0.791. The van der Waals surface area contributed by atoms with Crippen LogP contribution >= 0.6 is 0 Å². The summed E-state index contributed by atoms with van der Waals surface area (Å²) in [5.74, 6) is 0. The van der Waals surface area contributed by atoms with Crippen LogP contribution in [0.15, 0.2) is 24.8 Å². The van der Waals surface area contributed by atoms with Gasteiger partial charge in [-0.25, -0.2) is 0 Å². The molecule has 15 heavy (non-hydrogen) atoms. The van der Waals surface area contributed by atoms with Crippen molar-refractivity contribution in [2.45, 2.75) is 46.0 Å². The average molecular weight is 202 g/mol. The molecule has 1 rings (SSSR count). The molecular formula is C15H22. The van der Waals surface area contributed by atoms with Gasteiger partial charge in [0.2, 0.25) is 0 Å². The Morgan fingerprint density at radius 2 is 1.93 bits per heavy atom. The molecule has 0 heteroatoms. The third-order valence-corrected chi connectivity index (χ3v) is 2.77. The van der Waals surface area contributed by atoms with Crippen molar-refractivity contribution in [3.05, 3.63) is 41.5 Å². The van der Waals surface area contributed by atoms with Gasteiger partial charge in [0.15, 0.2) is 0 Å². The van der Waals surface area contributed by atoms with Crippen LogP contribution in [0.4, 0.5) is 0 Å². The number of aryl methyl sites for hydroxylation is 2. The maximum atomic E-state index is 3.88. The summed E-state index contributed by atoms with van der Waals surface area (Å²) in [6, 6.07) is 6.80. The Hall–Kier alpha value is -1.04. The predicted molar refractivity (Wildman–Crippen MR) is 69.1 cm³/mol. The van der Waals surface area contributed by atoms with Gasteiger partial charge in [-0.2, -0.15) is 0 Å². The third-order valence-electron chi connectivity index (χ3n) is 2.77. The van der Waals surface area contributed by atoms with Crippen LogP contribution in [0, 0.1) is 0 Å². The summed E-state index contributed by atoms with van der Waals surface area (Å²) in [7, 11) is 0. The maximum Gasteiger partial charge on any atom is -0.0230 e. The molecule has 0 saturated heterocycles. The van der Waals surface area contributed by atoms with Crippen molar-refractivity contribution in [3.8, 4) is 0 Å². The van der Waals surface area contributed by atoms with Crippen molar-refractivity contribution in [3.63, 3.8) is 0 Å². The zero-order chi connectivity index (χ0) is 11.1. The van der Waals surface area contributed by atoms with E-state index in [4.69, 9.17) is 0 Å². The Bertz CT molecular complexity index is 310. The summed E-state index contributed by atoms with van der Waals surface area (Å²) in [6.07, 6.45) is 8.11. The van der Waals surface area contributed by atoms with Crippen molar-refractivity contribution in [2.75, 3.05) is 0 Å². The van der Waals surface area contributed by atoms with Gasteiger partial charge in [0.1, 0.15) is 0 Å². The highest BCUT2D eigenvalue weighted by atomic mass is 14.1. The van der Waals surface area contributed by atoms with Gasteiger partial charge in [-0.1, -0.05) is 57.5 Å². The number of benzene rings is 1. The molecular weight excluding hydrogens is 180 g/mol. The number of unbranched alkanes of at least 4 members (excludes halogenated alkanes) is 1. The van der Waals surface area contributed by atoms with Crippen LogP contribution in [0.25, 0.3) is 6.08 Å². The Balaban J connectivity index is 2.86. The minimum Gasteiger partial charge on any atom is -0.0985 e. The first-order valence-electron chi connectivity index (χ1n) is 6.06. The van der Waals surface area contributed by atoms with E-state index in [1.807, 2.05) is 6.08 Å². The first-order chi connectivity index (χ1) is 7.31. The molecule has 0 unspecified atom stereocenters. The summed E-state index contributed by atoms with van der Waals surface area (Å²) in [6.45, 7) is 8.34. The quantitative estimate of drug-likeness (QED) is 0.631. The molecule has 82 valence electrons. The van der Waals surface area contributed by atoms with E-state index in [-0.39, 0.29) is 0 Å². The molecule has 1 aromatic rings. The lowest BCUT2D eigenvalue weighted by Gasteiger charge is -2.08. The Morgan fingerprint density at radius 1 is 1.13 bits per heavy atom. The SMILES string of the molecule is C=Cc1ccc(CCC)cc1CCCC. The summed E-state index contributed by atoms with van der Waals surface area (Å²) >= 11 is 0. The molecule has 0 aliphatic rings. The first-order valence-corrected chi connectivity index (χ1v) is 6.06. The smallest absolute Gasteiger partial charge is 0.0230 e. The van der Waals surface area contributed by atoms with E-state index in [9.17, 15) is 0 Å². The van der Waals surface area contributed by atoms with E-state index < -0.39 is 0 Å². The molecule has 0 aliphatic carbocycles. The van der Waals surface area contributed by atoms with Gasteiger partial charge >= 0.3 is 0 Å². The van der Waals surface area contributed by atoms with E-state index >= 15 is 0 Å². The van der Waals surface area contributed by atoms with E-state index in [0.29, 0.717) is 0 Å². The Kier molecular flexibility index (Phi) is 5.17. The maximum absolute atomic E-state index is 3.88. The molecule has 0 spiro atoms. The molecule has 1 aromatic carbocycles. The second kappa shape index (κ2) is 6.44. The Morgan fingerprint density at radius 3 is 2.53 bits per heavy atom. The third kappa shape index (κ3) is 3.54. The first kappa shape index (κ1) is 12.0. The van der Waals surface area contributed by atoms with Crippen molar-refractivity contribution < 1.29 is 0 Å². The second-order valence-corrected chi connectivity index (χ2v) is 4.09. The van der Waals surface area contributed by atoms with Crippen LogP contribution in [0.5, 0.6) is 0 Å². The Labute approximate surface area is 94.0 Å². The topological polar surface area (TPSA) is 0 Å². The molecule has 0 bridgehead atoms. The minimum atomic E-state index is 1.19. The summed E-state index contributed by atoms with van der Waals surface area (Å²) < 4.78 is 0. The molecule has 0 saturated carbocycles. The van der Waals surface area contributed by atoms with Gasteiger partial charge in [-0.3, -0.25) is 0 Å². The molecule has 0 atom stereocenters. The van der Waals surface area contributed by atoms with Gasteiger partial charge in [0.25, 0.3) is 0 Å². The fourth-order valence-corrected chi connectivity index (χ4v) is 1.89. The van der Waals surface area contributed by atoms with Crippen molar-refractivity contribution in [2.24, 2.45) is 0 Å². The summed E-state index contributed by atoms with van der Waals surface area (Å²) in [5.41, 5.74) is 4.25. The highest BCUT2D eigenvalue weighted by Gasteiger charge is 2.00. The number of hydrogen-bond donors (Lipinski definition) is 0. The van der Waals surface area contributed by atoms with E-state index in [2.05, 4.69) is 38.6 Å². The normalized spacial score (nSPS) is 10.3. The van der Waals surface area contributed by atoms with Gasteiger partial charge in [-0.15, -0.1) is 0 Å². The van der Waals surface area contributed by atoms with Crippen LogP contribution < -0.4 is 0 Å². The zero-order valence-electron chi connectivity index (χ0n) is 10.1. The van der Waals surface area contributed by atoms with Gasteiger partial charge in [-0.05, 0) is 36.0 Å². The standard InChI is InChI=1S/C15H22/c1-4-7-9-15-12-13(8-5-2)10-11-14(15)6-3/h6,10-12H,3-5,7-9H2,1-2H3. The largest absolute Gasteiger partial charge is 0.0985 e. The molecule has 0 aromatic heterocycles. The summed E-state index contributed by atoms with van der Waals surface area (Å²) in [4.78, 5) is 0. The lowest BCUT2D eigenvalue weighted by atomic mass is 9.97. The highest BCUT2D eigenvalue weighted by molar-refractivity contribution is 5.53. The second-order valence-electron chi connectivity index (χ2n) is 4.09. The van der Waals surface area contributed by atoms with Gasteiger partial charge in [0, 0.05) is 0 Å². The van der Waals surface area contributed by atoms with Crippen LogP contribution in [0.3, 0.4) is 0 Å². The van der Waals surface area contributed by atoms with Crippen LogP contribution in [0.1, 0.15) is 49.8 Å². The monoisotopic (exact) mass is 202 g/mol. The molecule has 0 amide bonds. The average Bonchev–Trinajstić information content (AvgIpc) is 2.27. The van der Waals surface area contributed by atoms with Crippen molar-refractivity contribution in [1.29, 1.82) is 0 Å². The van der Waals surface area contributed by atoms with E-state index in [1.54, 1.807) is 0 Å². The zero-order valence-corrected chi connectivity index (χ0v) is 10.1. The minimum absolute atomic E-state index is 1.19. The fraction of sp³-hybridized carbons (Fsp3) is 0.467. The van der Waals surface area contributed by atoms with Gasteiger partial charge in [0.05, 0.1) is 0 Å². The lowest BCUT2D eigenvalue weighted by Crippen LogP contribution is -1.93. The van der Waals surface area contributed by atoms with E-state index in [1.165, 1.54) is 48.8 Å². The predicted octanol–water partition coefficient (Wildman–Crippen LogP) is 4.62. The van der Waals surface area contributed by atoms with Crippen LogP contribution in [0.2, 0.25) is 0 Å². The van der Waals surface area contributed by atoms with Crippen LogP contribution in [-0.4, -0.2) is 0 Å². The fourth-order valence-electron chi connectivity index (χ4n) is 1.89. The molecule has 0 fully saturated rings. The molecule has 0 N–H and O–H groups in total. The summed E-state index contributed by atoms with van der Waals surface area (Å²) in [5, 5.41) is 0. The van der Waals surface area contributed by atoms with E-state index in [0.717, 1.165) is 0 Å². The van der Waals surface area contributed by atoms with Crippen molar-refractivity contribution in [1.82, 2.24) is 0 Å². The van der Waals surface area contributed by atoms with Crippen molar-refractivity contribution >= 4 is 6.08 Å². The number of rotatable bonds is 6. The van der Waals surface area contributed by atoms with Crippen LogP contribution in [-0.2, 0) is 12.8 Å². The highest BCUT2D eigenvalue weighted by Crippen LogP contribution is 2.17. The molecule has 0 aliphatic heterocycles.